The van der Waals surface area contributed by atoms with Crippen LogP contribution in [0, 0.1) is 16.7 Å². The SMILES string of the molecule is CNC(c1cccnc1)C1(C#N)CC1. The highest BCUT2D eigenvalue weighted by molar-refractivity contribution is 5.26. The maximum Gasteiger partial charge on any atom is 0.0769 e. The van der Waals surface area contributed by atoms with Gasteiger partial charge in [0.15, 0.2) is 0 Å². The van der Waals surface area contributed by atoms with E-state index in [2.05, 4.69) is 16.4 Å². The predicted octanol–water partition coefficient (Wildman–Crippen LogP) is 1.65. The molecular formula is C11H13N3. The molecule has 1 aliphatic rings. The number of aromatic nitrogens is 1. The van der Waals surface area contributed by atoms with E-state index in [1.54, 1.807) is 6.20 Å². The Hall–Kier alpha value is -1.40. The van der Waals surface area contributed by atoms with Crippen LogP contribution >= 0.6 is 0 Å². The molecule has 1 aromatic rings. The molecule has 0 saturated heterocycles. The third-order valence-electron chi connectivity index (χ3n) is 2.87. The van der Waals surface area contributed by atoms with E-state index in [1.165, 1.54) is 0 Å². The first-order chi connectivity index (χ1) is 6.82. The Kier molecular flexibility index (Phi) is 2.22. The molecule has 0 amide bonds. The van der Waals surface area contributed by atoms with Crippen LogP contribution in [0.25, 0.3) is 0 Å². The van der Waals surface area contributed by atoms with Crippen molar-refractivity contribution in [2.24, 2.45) is 5.41 Å². The van der Waals surface area contributed by atoms with E-state index < -0.39 is 0 Å². The third-order valence-corrected chi connectivity index (χ3v) is 2.87. The molecule has 1 aliphatic carbocycles. The van der Waals surface area contributed by atoms with Crippen LogP contribution in [0.2, 0.25) is 0 Å². The number of hydrogen-bond donors (Lipinski definition) is 1. The number of nitrogens with one attached hydrogen (secondary N) is 1. The highest BCUT2D eigenvalue weighted by Crippen LogP contribution is 2.54. The average Bonchev–Trinajstić information content (AvgIpc) is 3.02. The zero-order valence-electron chi connectivity index (χ0n) is 8.20. The van der Waals surface area contributed by atoms with E-state index in [0.717, 1.165) is 18.4 Å². The van der Waals surface area contributed by atoms with Crippen LogP contribution in [-0.4, -0.2) is 12.0 Å². The van der Waals surface area contributed by atoms with Crippen molar-refractivity contribution in [2.75, 3.05) is 7.05 Å². The molecule has 0 radical (unpaired) electrons. The first-order valence-corrected chi connectivity index (χ1v) is 4.81. The van der Waals surface area contributed by atoms with Crippen molar-refractivity contribution in [3.63, 3.8) is 0 Å². The summed E-state index contributed by atoms with van der Waals surface area (Å²) >= 11 is 0. The molecule has 1 aromatic heterocycles. The fourth-order valence-corrected chi connectivity index (χ4v) is 1.91. The highest BCUT2D eigenvalue weighted by atomic mass is 14.9. The summed E-state index contributed by atoms with van der Waals surface area (Å²) in [5.41, 5.74) is 0.923. The van der Waals surface area contributed by atoms with Gasteiger partial charge in [-0.15, -0.1) is 0 Å². The van der Waals surface area contributed by atoms with Crippen molar-refractivity contribution in [1.29, 1.82) is 5.26 Å². The lowest BCUT2D eigenvalue weighted by Crippen LogP contribution is -2.25. The Labute approximate surface area is 83.8 Å². The molecule has 3 heteroatoms. The predicted molar refractivity (Wildman–Crippen MR) is 53.3 cm³/mol. The summed E-state index contributed by atoms with van der Waals surface area (Å²) in [6.07, 6.45) is 5.56. The summed E-state index contributed by atoms with van der Waals surface area (Å²) in [7, 11) is 1.90. The second-order valence-corrected chi connectivity index (χ2v) is 3.78. The summed E-state index contributed by atoms with van der Waals surface area (Å²) in [5.74, 6) is 0. The van der Waals surface area contributed by atoms with Crippen molar-refractivity contribution in [1.82, 2.24) is 10.3 Å². The van der Waals surface area contributed by atoms with Crippen LogP contribution in [0.5, 0.6) is 0 Å². The number of hydrogen-bond acceptors (Lipinski definition) is 3. The molecule has 0 spiro atoms. The third kappa shape index (κ3) is 1.38. The lowest BCUT2D eigenvalue weighted by Gasteiger charge is -2.20. The largest absolute Gasteiger partial charge is 0.312 e. The van der Waals surface area contributed by atoms with Gasteiger partial charge in [0.2, 0.25) is 0 Å². The Balaban J connectivity index is 2.28. The van der Waals surface area contributed by atoms with E-state index in [9.17, 15) is 0 Å². The minimum atomic E-state index is -0.183. The quantitative estimate of drug-likeness (QED) is 0.782. The van der Waals surface area contributed by atoms with Gasteiger partial charge < -0.3 is 5.32 Å². The molecule has 1 atom stereocenters. The number of pyridine rings is 1. The van der Waals surface area contributed by atoms with Crippen LogP contribution in [0.4, 0.5) is 0 Å². The van der Waals surface area contributed by atoms with Crippen molar-refractivity contribution >= 4 is 0 Å². The second-order valence-electron chi connectivity index (χ2n) is 3.78. The highest BCUT2D eigenvalue weighted by Gasteiger charge is 2.50. The van der Waals surface area contributed by atoms with Crippen LogP contribution in [0.3, 0.4) is 0 Å². The summed E-state index contributed by atoms with van der Waals surface area (Å²) in [6.45, 7) is 0. The fourth-order valence-electron chi connectivity index (χ4n) is 1.91. The molecule has 1 saturated carbocycles. The number of rotatable bonds is 3. The van der Waals surface area contributed by atoms with Crippen LogP contribution < -0.4 is 5.32 Å². The van der Waals surface area contributed by atoms with Gasteiger partial charge in [-0.2, -0.15) is 5.26 Å². The standard InChI is InChI=1S/C11H13N3/c1-13-10(11(8-12)4-5-11)9-3-2-6-14-7-9/h2-3,6-7,10,13H,4-5H2,1H3. The molecule has 72 valence electrons. The van der Waals surface area contributed by atoms with E-state index >= 15 is 0 Å². The fraction of sp³-hybridized carbons (Fsp3) is 0.455. The summed E-state index contributed by atoms with van der Waals surface area (Å²) < 4.78 is 0. The molecule has 0 bridgehead atoms. The monoisotopic (exact) mass is 187 g/mol. The van der Waals surface area contributed by atoms with Gasteiger partial charge in [-0.3, -0.25) is 4.98 Å². The lowest BCUT2D eigenvalue weighted by molar-refractivity contribution is 0.443. The number of nitriles is 1. The molecule has 0 aliphatic heterocycles. The number of nitrogens with zero attached hydrogens (tertiary/aromatic N) is 2. The van der Waals surface area contributed by atoms with Crippen molar-refractivity contribution < 1.29 is 0 Å². The van der Waals surface area contributed by atoms with Gasteiger partial charge in [0, 0.05) is 12.4 Å². The first-order valence-electron chi connectivity index (χ1n) is 4.81. The smallest absolute Gasteiger partial charge is 0.0769 e. The van der Waals surface area contributed by atoms with Crippen LogP contribution in [-0.2, 0) is 0 Å². The minimum Gasteiger partial charge on any atom is -0.312 e. The van der Waals surface area contributed by atoms with E-state index in [4.69, 9.17) is 5.26 Å². The van der Waals surface area contributed by atoms with Crippen LogP contribution in [0.15, 0.2) is 24.5 Å². The Morgan fingerprint density at radius 2 is 2.43 bits per heavy atom. The Morgan fingerprint density at radius 1 is 1.64 bits per heavy atom. The zero-order valence-corrected chi connectivity index (χ0v) is 8.20. The summed E-state index contributed by atoms with van der Waals surface area (Å²) in [6, 6.07) is 6.47. The van der Waals surface area contributed by atoms with Gasteiger partial charge in [-0.05, 0) is 31.5 Å². The molecule has 14 heavy (non-hydrogen) atoms. The molecular weight excluding hydrogens is 174 g/mol. The van der Waals surface area contributed by atoms with Crippen LogP contribution in [0.1, 0.15) is 24.4 Å². The summed E-state index contributed by atoms with van der Waals surface area (Å²) in [4.78, 5) is 4.08. The van der Waals surface area contributed by atoms with Crippen molar-refractivity contribution in [3.8, 4) is 6.07 Å². The molecule has 1 fully saturated rings. The Morgan fingerprint density at radius 3 is 2.86 bits per heavy atom. The molecule has 1 unspecified atom stereocenters. The molecule has 1 heterocycles. The topological polar surface area (TPSA) is 48.7 Å². The van der Waals surface area contributed by atoms with Crippen molar-refractivity contribution in [2.45, 2.75) is 18.9 Å². The summed E-state index contributed by atoms with van der Waals surface area (Å²) in [5, 5.41) is 12.3. The lowest BCUT2D eigenvalue weighted by atomic mass is 9.92. The zero-order chi connectivity index (χ0) is 10.0. The van der Waals surface area contributed by atoms with Gasteiger partial charge in [0.25, 0.3) is 0 Å². The normalized spacial score (nSPS) is 19.7. The molecule has 1 N–H and O–H groups in total. The molecule has 3 nitrogen and oxygen atoms in total. The van der Waals surface area contributed by atoms with E-state index in [-0.39, 0.29) is 11.5 Å². The second kappa shape index (κ2) is 3.39. The maximum atomic E-state index is 9.11. The van der Waals surface area contributed by atoms with Gasteiger partial charge in [-0.1, -0.05) is 6.07 Å². The van der Waals surface area contributed by atoms with Gasteiger partial charge in [0.05, 0.1) is 17.5 Å². The van der Waals surface area contributed by atoms with Gasteiger partial charge in [0.1, 0.15) is 0 Å². The van der Waals surface area contributed by atoms with Gasteiger partial charge in [-0.25, -0.2) is 0 Å². The molecule has 2 rings (SSSR count). The Bertz CT molecular complexity index is 349. The average molecular weight is 187 g/mol. The van der Waals surface area contributed by atoms with Crippen molar-refractivity contribution in [3.05, 3.63) is 30.1 Å². The minimum absolute atomic E-state index is 0.126. The molecule has 0 aromatic carbocycles. The van der Waals surface area contributed by atoms with E-state index in [0.29, 0.717) is 0 Å². The first kappa shape index (κ1) is 9.17. The maximum absolute atomic E-state index is 9.11. The van der Waals surface area contributed by atoms with Gasteiger partial charge >= 0.3 is 0 Å². The van der Waals surface area contributed by atoms with E-state index in [1.807, 2.05) is 25.4 Å².